The maximum atomic E-state index is 12.4. The normalized spacial score (nSPS) is 10.1. The number of rotatable bonds is 6. The minimum absolute atomic E-state index is 0.213. The molecule has 0 unspecified atom stereocenters. The number of carbonyl (C=O) groups excluding carboxylic acids is 2. The Morgan fingerprint density at radius 1 is 1.00 bits per heavy atom. The highest BCUT2D eigenvalue weighted by Gasteiger charge is 2.10. The minimum Gasteiger partial charge on any atom is -0.465 e. The summed E-state index contributed by atoms with van der Waals surface area (Å²) in [5.41, 5.74) is 1.99. The van der Waals surface area contributed by atoms with Crippen LogP contribution >= 0.6 is 0 Å². The van der Waals surface area contributed by atoms with Crippen LogP contribution in [0.1, 0.15) is 26.5 Å². The van der Waals surface area contributed by atoms with Crippen LogP contribution in [0.15, 0.2) is 60.9 Å². The number of carbonyl (C=O) groups is 2. The Labute approximate surface area is 155 Å². The molecule has 0 radical (unpaired) electrons. The van der Waals surface area contributed by atoms with E-state index in [2.05, 4.69) is 30.3 Å². The summed E-state index contributed by atoms with van der Waals surface area (Å²) >= 11 is 0. The van der Waals surface area contributed by atoms with Crippen molar-refractivity contribution in [2.24, 2.45) is 0 Å². The van der Waals surface area contributed by atoms with Crippen molar-refractivity contribution in [3.8, 4) is 0 Å². The number of nitrogens with one attached hydrogen (secondary N) is 2. The Balaban J connectivity index is 1.63. The molecule has 0 aliphatic rings. The van der Waals surface area contributed by atoms with E-state index < -0.39 is 5.97 Å². The first-order valence-electron chi connectivity index (χ1n) is 8.12. The molecule has 8 nitrogen and oxygen atoms in total. The van der Waals surface area contributed by atoms with E-state index in [0.717, 1.165) is 5.69 Å². The zero-order valence-electron chi connectivity index (χ0n) is 14.5. The topological polar surface area (TPSA) is 106 Å². The van der Waals surface area contributed by atoms with Crippen LogP contribution in [0.25, 0.3) is 0 Å². The number of pyridine rings is 1. The summed E-state index contributed by atoms with van der Waals surface area (Å²) in [5, 5.41) is 5.75. The fourth-order valence-corrected chi connectivity index (χ4v) is 2.25. The first-order chi connectivity index (χ1) is 13.2. The molecule has 27 heavy (non-hydrogen) atoms. The molecule has 2 aromatic heterocycles. The molecule has 0 fully saturated rings. The van der Waals surface area contributed by atoms with Gasteiger partial charge in [-0.25, -0.2) is 14.8 Å². The average Bonchev–Trinajstić information content (AvgIpc) is 2.73. The van der Waals surface area contributed by atoms with Crippen LogP contribution in [0.3, 0.4) is 0 Å². The van der Waals surface area contributed by atoms with Gasteiger partial charge >= 0.3 is 5.97 Å². The van der Waals surface area contributed by atoms with E-state index in [1.54, 1.807) is 30.5 Å². The Morgan fingerprint density at radius 3 is 2.52 bits per heavy atom. The molecule has 0 saturated carbocycles. The van der Waals surface area contributed by atoms with Gasteiger partial charge in [-0.2, -0.15) is 0 Å². The van der Waals surface area contributed by atoms with E-state index in [-0.39, 0.29) is 11.6 Å². The van der Waals surface area contributed by atoms with Gasteiger partial charge in [0.05, 0.1) is 24.9 Å². The molecule has 0 saturated heterocycles. The fraction of sp³-hybridized carbons (Fsp3) is 0.105. The van der Waals surface area contributed by atoms with E-state index in [4.69, 9.17) is 0 Å². The molecular formula is C19H17N5O3. The first kappa shape index (κ1) is 18.0. The molecule has 0 atom stereocenters. The van der Waals surface area contributed by atoms with E-state index in [9.17, 15) is 9.59 Å². The predicted octanol–water partition coefficient (Wildman–Crippen LogP) is 2.52. The third kappa shape index (κ3) is 4.85. The van der Waals surface area contributed by atoms with Gasteiger partial charge in [0, 0.05) is 18.1 Å². The maximum absolute atomic E-state index is 12.4. The standard InChI is InChI=1S/C19H17N5O3/c1-27-18(26)13-5-7-14(8-6-13)23-17(25)16-9-11-21-19(24-16)22-12-15-4-2-3-10-20-15/h2-11H,12H2,1H3,(H,23,25)(H,21,22,24). The van der Waals surface area contributed by atoms with Gasteiger partial charge in [0.2, 0.25) is 5.95 Å². The summed E-state index contributed by atoms with van der Waals surface area (Å²) in [5.74, 6) is -0.495. The summed E-state index contributed by atoms with van der Waals surface area (Å²) in [6, 6.07) is 13.5. The molecule has 2 N–H and O–H groups in total. The van der Waals surface area contributed by atoms with Crippen LogP contribution in [0.2, 0.25) is 0 Å². The van der Waals surface area contributed by atoms with Crippen molar-refractivity contribution in [1.29, 1.82) is 0 Å². The lowest BCUT2D eigenvalue weighted by molar-refractivity contribution is 0.0600. The molecule has 0 bridgehead atoms. The van der Waals surface area contributed by atoms with Crippen LogP contribution in [0, 0.1) is 0 Å². The summed E-state index contributed by atoms with van der Waals surface area (Å²) < 4.78 is 4.64. The number of methoxy groups -OCH3 is 1. The molecule has 0 spiro atoms. The highest BCUT2D eigenvalue weighted by Crippen LogP contribution is 2.12. The van der Waals surface area contributed by atoms with Crippen molar-refractivity contribution in [1.82, 2.24) is 15.0 Å². The van der Waals surface area contributed by atoms with E-state index in [0.29, 0.717) is 23.7 Å². The molecule has 0 aliphatic carbocycles. The van der Waals surface area contributed by atoms with Crippen molar-refractivity contribution in [2.45, 2.75) is 6.54 Å². The van der Waals surface area contributed by atoms with Gasteiger partial charge in [-0.1, -0.05) is 6.07 Å². The van der Waals surface area contributed by atoms with Gasteiger partial charge in [-0.3, -0.25) is 9.78 Å². The third-order valence-corrected chi connectivity index (χ3v) is 3.61. The Morgan fingerprint density at radius 2 is 1.81 bits per heavy atom. The summed E-state index contributed by atoms with van der Waals surface area (Å²) in [6.45, 7) is 0.445. The largest absolute Gasteiger partial charge is 0.465 e. The predicted molar refractivity (Wildman–Crippen MR) is 99.3 cm³/mol. The van der Waals surface area contributed by atoms with Gasteiger partial charge in [0.15, 0.2) is 0 Å². The molecule has 0 aliphatic heterocycles. The molecule has 136 valence electrons. The number of ether oxygens (including phenoxy) is 1. The Bertz CT molecular complexity index is 930. The van der Waals surface area contributed by atoms with Crippen molar-refractivity contribution < 1.29 is 14.3 Å². The van der Waals surface area contributed by atoms with Gasteiger partial charge < -0.3 is 15.4 Å². The first-order valence-corrected chi connectivity index (χ1v) is 8.12. The zero-order valence-corrected chi connectivity index (χ0v) is 14.5. The number of anilines is 2. The van der Waals surface area contributed by atoms with Crippen LogP contribution < -0.4 is 10.6 Å². The lowest BCUT2D eigenvalue weighted by Gasteiger charge is -2.08. The van der Waals surface area contributed by atoms with E-state index in [1.165, 1.54) is 19.4 Å². The number of hydrogen-bond acceptors (Lipinski definition) is 7. The SMILES string of the molecule is COC(=O)c1ccc(NC(=O)c2ccnc(NCc3ccccn3)n2)cc1. The van der Waals surface area contributed by atoms with Gasteiger partial charge in [-0.15, -0.1) is 0 Å². The van der Waals surface area contributed by atoms with Crippen LogP contribution in [-0.4, -0.2) is 33.9 Å². The van der Waals surface area contributed by atoms with Crippen LogP contribution in [0.5, 0.6) is 0 Å². The molecule has 3 aromatic rings. The van der Waals surface area contributed by atoms with E-state index >= 15 is 0 Å². The Kier molecular flexibility index (Phi) is 5.68. The molecule has 2 heterocycles. The summed E-state index contributed by atoms with van der Waals surface area (Å²) in [7, 11) is 1.31. The second kappa shape index (κ2) is 8.52. The molecule has 1 aromatic carbocycles. The number of hydrogen-bond donors (Lipinski definition) is 2. The van der Waals surface area contributed by atoms with Gasteiger partial charge in [0.1, 0.15) is 5.69 Å². The van der Waals surface area contributed by atoms with E-state index in [1.807, 2.05) is 18.2 Å². The zero-order chi connectivity index (χ0) is 19.1. The second-order valence-corrected chi connectivity index (χ2v) is 5.46. The van der Waals surface area contributed by atoms with Gasteiger partial charge in [-0.05, 0) is 42.5 Å². The van der Waals surface area contributed by atoms with Crippen LogP contribution in [-0.2, 0) is 11.3 Å². The van der Waals surface area contributed by atoms with Gasteiger partial charge in [0.25, 0.3) is 5.91 Å². The van der Waals surface area contributed by atoms with Crippen molar-refractivity contribution in [3.63, 3.8) is 0 Å². The summed E-state index contributed by atoms with van der Waals surface area (Å²) in [6.07, 6.45) is 3.20. The van der Waals surface area contributed by atoms with Crippen LogP contribution in [0.4, 0.5) is 11.6 Å². The quantitative estimate of drug-likeness (QED) is 0.648. The smallest absolute Gasteiger partial charge is 0.337 e. The lowest BCUT2D eigenvalue weighted by atomic mass is 10.2. The minimum atomic E-state index is -0.438. The molecule has 8 heteroatoms. The number of nitrogens with zero attached hydrogens (tertiary/aromatic N) is 3. The molecular weight excluding hydrogens is 346 g/mol. The van der Waals surface area contributed by atoms with Crippen molar-refractivity contribution in [2.75, 3.05) is 17.7 Å². The monoisotopic (exact) mass is 363 g/mol. The Hall–Kier alpha value is -3.81. The second-order valence-electron chi connectivity index (χ2n) is 5.46. The number of benzene rings is 1. The highest BCUT2D eigenvalue weighted by atomic mass is 16.5. The highest BCUT2D eigenvalue weighted by molar-refractivity contribution is 6.03. The number of aromatic nitrogens is 3. The summed E-state index contributed by atoms with van der Waals surface area (Å²) in [4.78, 5) is 36.3. The number of amides is 1. The molecule has 3 rings (SSSR count). The average molecular weight is 363 g/mol. The third-order valence-electron chi connectivity index (χ3n) is 3.61. The molecule has 1 amide bonds. The number of esters is 1. The maximum Gasteiger partial charge on any atom is 0.337 e. The van der Waals surface area contributed by atoms with Crippen molar-refractivity contribution in [3.05, 3.63) is 77.9 Å². The fourth-order valence-electron chi connectivity index (χ4n) is 2.25. The van der Waals surface area contributed by atoms with Crippen molar-refractivity contribution >= 4 is 23.5 Å². The lowest BCUT2D eigenvalue weighted by Crippen LogP contribution is -2.15.